The summed E-state index contributed by atoms with van der Waals surface area (Å²) >= 11 is 0. The lowest BCUT2D eigenvalue weighted by molar-refractivity contribution is 0.372. The molecule has 4 aromatic carbocycles. The molecule has 0 saturated carbocycles. The summed E-state index contributed by atoms with van der Waals surface area (Å²) < 4.78 is 6.17. The molecule has 0 N–H and O–H groups in total. The summed E-state index contributed by atoms with van der Waals surface area (Å²) in [6.45, 7) is 0. The highest BCUT2D eigenvalue weighted by molar-refractivity contribution is 5.83. The van der Waals surface area contributed by atoms with Crippen LogP contribution in [0.5, 0.6) is 0 Å². The molecule has 1 aliphatic heterocycles. The predicted octanol–water partition coefficient (Wildman–Crippen LogP) is 8.65. The number of ether oxygens (including phenoxy) is 1. The molecule has 174 valence electrons. The lowest BCUT2D eigenvalue weighted by atomic mass is 9.95. The monoisotopic (exact) mass is 448 g/mol. The molecule has 0 aliphatic carbocycles. The van der Waals surface area contributed by atoms with Gasteiger partial charge in [0, 0.05) is 6.42 Å². The third kappa shape index (κ3) is 6.15. The Kier molecular flexibility index (Phi) is 7.73. The normalized spacial score (nSPS) is 17.2. The van der Waals surface area contributed by atoms with E-state index in [1.54, 1.807) is 0 Å². The van der Waals surface area contributed by atoms with Crippen molar-refractivity contribution in [3.8, 4) is 0 Å². The number of fused-ring (bicyclic) bond motifs is 1. The second kappa shape index (κ2) is 11.5. The summed E-state index contributed by atoms with van der Waals surface area (Å²) in [5.74, 6) is 0. The smallest absolute Gasteiger partial charge is 0.110 e. The summed E-state index contributed by atoms with van der Waals surface area (Å²) in [4.78, 5) is 0. The number of rotatable bonds is 12. The predicted molar refractivity (Wildman–Crippen MR) is 143 cm³/mol. The summed E-state index contributed by atoms with van der Waals surface area (Å²) in [6.07, 6.45) is 11.9. The molecule has 1 heterocycles. The largest absolute Gasteiger partial charge is 0.364 e. The third-order valence-electron chi connectivity index (χ3n) is 7.20. The first-order valence-electron chi connectivity index (χ1n) is 13.1. The molecule has 0 amide bonds. The molecule has 1 nitrogen and oxygen atoms in total. The van der Waals surface area contributed by atoms with E-state index in [1.165, 1.54) is 84.4 Å². The molecule has 0 unspecified atom stereocenters. The number of aryl methyl sites for hydroxylation is 2. The molecule has 34 heavy (non-hydrogen) atoms. The Morgan fingerprint density at radius 1 is 0.529 bits per heavy atom. The van der Waals surface area contributed by atoms with Gasteiger partial charge in [-0.25, -0.2) is 0 Å². The summed E-state index contributed by atoms with van der Waals surface area (Å²) in [5, 5.41) is 2.62. The molecule has 2 atom stereocenters. The molecular formula is C33H36O. The summed E-state index contributed by atoms with van der Waals surface area (Å²) in [5.41, 5.74) is 5.74. The van der Waals surface area contributed by atoms with Crippen molar-refractivity contribution < 1.29 is 4.74 Å². The Hall–Kier alpha value is -2.90. The molecule has 1 fully saturated rings. The second-order valence-electron chi connectivity index (χ2n) is 9.79. The quantitative estimate of drug-likeness (QED) is 0.156. The third-order valence-corrected chi connectivity index (χ3v) is 7.20. The van der Waals surface area contributed by atoms with Crippen LogP contribution in [0.25, 0.3) is 10.8 Å². The van der Waals surface area contributed by atoms with Crippen molar-refractivity contribution in [3.05, 3.63) is 119 Å². The molecule has 0 spiro atoms. The van der Waals surface area contributed by atoms with E-state index in [4.69, 9.17) is 4.74 Å². The van der Waals surface area contributed by atoms with Crippen molar-refractivity contribution in [1.82, 2.24) is 0 Å². The molecule has 5 rings (SSSR count). The Labute approximate surface area is 204 Å². The van der Waals surface area contributed by atoms with Crippen LogP contribution in [0.1, 0.15) is 66.9 Å². The van der Waals surface area contributed by atoms with E-state index in [0.29, 0.717) is 6.10 Å². The fourth-order valence-electron chi connectivity index (χ4n) is 5.21. The van der Waals surface area contributed by atoms with Crippen molar-refractivity contribution in [1.29, 1.82) is 0 Å². The molecule has 1 saturated heterocycles. The Bertz CT molecular complexity index is 1180. The number of hydrogen-bond acceptors (Lipinski definition) is 1. The Morgan fingerprint density at radius 3 is 2.06 bits per heavy atom. The van der Waals surface area contributed by atoms with Gasteiger partial charge in [-0.15, -0.1) is 0 Å². The van der Waals surface area contributed by atoms with E-state index >= 15 is 0 Å². The zero-order chi connectivity index (χ0) is 23.0. The van der Waals surface area contributed by atoms with Crippen LogP contribution < -0.4 is 0 Å². The summed E-state index contributed by atoms with van der Waals surface area (Å²) in [7, 11) is 0. The minimum absolute atomic E-state index is 0.264. The van der Waals surface area contributed by atoms with Crippen LogP contribution in [0.15, 0.2) is 97.1 Å². The highest BCUT2D eigenvalue weighted by Gasteiger charge is 2.40. The summed E-state index contributed by atoms with van der Waals surface area (Å²) in [6, 6.07) is 35.2. The fourth-order valence-corrected chi connectivity index (χ4v) is 5.21. The average Bonchev–Trinajstić information content (AvgIpc) is 3.65. The Balaban J connectivity index is 1.04. The highest BCUT2D eigenvalue weighted by Crippen LogP contribution is 2.42. The van der Waals surface area contributed by atoms with Gasteiger partial charge in [0.15, 0.2) is 0 Å². The van der Waals surface area contributed by atoms with Crippen LogP contribution in [0, 0.1) is 0 Å². The van der Waals surface area contributed by atoms with Gasteiger partial charge in [0.1, 0.15) is 6.10 Å². The van der Waals surface area contributed by atoms with Gasteiger partial charge in [-0.05, 0) is 58.7 Å². The maximum absolute atomic E-state index is 6.17. The highest BCUT2D eigenvalue weighted by atomic mass is 16.6. The Morgan fingerprint density at radius 2 is 1.21 bits per heavy atom. The van der Waals surface area contributed by atoms with E-state index in [-0.39, 0.29) is 6.10 Å². The first-order chi connectivity index (χ1) is 16.9. The molecule has 0 aromatic heterocycles. The number of epoxide rings is 1. The molecular weight excluding hydrogens is 412 g/mol. The van der Waals surface area contributed by atoms with Gasteiger partial charge < -0.3 is 4.74 Å². The number of unbranched alkanes of at least 4 members (excludes halogenated alkanes) is 5. The minimum atomic E-state index is 0.264. The topological polar surface area (TPSA) is 12.5 Å². The van der Waals surface area contributed by atoms with Crippen molar-refractivity contribution in [2.24, 2.45) is 0 Å². The van der Waals surface area contributed by atoms with Crippen LogP contribution in [-0.4, -0.2) is 6.10 Å². The fraction of sp³-hybridized carbons (Fsp3) is 0.333. The van der Waals surface area contributed by atoms with E-state index in [2.05, 4.69) is 97.1 Å². The molecule has 1 aliphatic rings. The van der Waals surface area contributed by atoms with Gasteiger partial charge in [0.05, 0.1) is 6.10 Å². The van der Waals surface area contributed by atoms with E-state index in [0.717, 1.165) is 6.42 Å². The van der Waals surface area contributed by atoms with Gasteiger partial charge in [-0.3, -0.25) is 0 Å². The first kappa shape index (κ1) is 22.9. The molecule has 4 aromatic rings. The average molecular weight is 449 g/mol. The van der Waals surface area contributed by atoms with Gasteiger partial charge in [0.2, 0.25) is 0 Å². The molecule has 0 bridgehead atoms. The lowest BCUT2D eigenvalue weighted by Crippen LogP contribution is -1.99. The van der Waals surface area contributed by atoms with Crippen LogP contribution in [-0.2, 0) is 24.0 Å². The van der Waals surface area contributed by atoms with Crippen molar-refractivity contribution in [3.63, 3.8) is 0 Å². The maximum Gasteiger partial charge on any atom is 0.110 e. The standard InChI is InChI=1S/C33H36O/c1(3-6-14-26-15-7-5-8-16-26)2-4-9-18-29-19-12-13-21-31(29)33-32(34-33)25-27-22-23-28-17-10-11-20-30(28)24-27/h5,7-8,10-13,15-17,19-24,32-33H,1-4,6,9,14,18,25H2/t32-,33-/m0/s1. The van der Waals surface area contributed by atoms with E-state index in [9.17, 15) is 0 Å². The van der Waals surface area contributed by atoms with Crippen LogP contribution in [0.3, 0.4) is 0 Å². The van der Waals surface area contributed by atoms with Crippen molar-refractivity contribution in [2.45, 2.75) is 70.0 Å². The zero-order valence-corrected chi connectivity index (χ0v) is 20.2. The van der Waals surface area contributed by atoms with Crippen molar-refractivity contribution >= 4 is 10.8 Å². The SMILES string of the molecule is c1ccc(CCCCCCCCc2ccccc2[C@@H]2O[C@H]2Cc2ccc3ccccc3c2)cc1. The lowest BCUT2D eigenvalue weighted by Gasteiger charge is -2.08. The molecule has 1 heteroatoms. The number of benzene rings is 4. The van der Waals surface area contributed by atoms with Crippen LogP contribution in [0.4, 0.5) is 0 Å². The molecule has 0 radical (unpaired) electrons. The zero-order valence-electron chi connectivity index (χ0n) is 20.2. The van der Waals surface area contributed by atoms with Crippen molar-refractivity contribution in [2.75, 3.05) is 0 Å². The number of hydrogen-bond donors (Lipinski definition) is 0. The van der Waals surface area contributed by atoms with Gasteiger partial charge in [-0.1, -0.05) is 123 Å². The van der Waals surface area contributed by atoms with Crippen LogP contribution in [0.2, 0.25) is 0 Å². The minimum Gasteiger partial charge on any atom is -0.364 e. The van der Waals surface area contributed by atoms with Gasteiger partial charge in [0.25, 0.3) is 0 Å². The maximum atomic E-state index is 6.17. The van der Waals surface area contributed by atoms with E-state index in [1.807, 2.05) is 0 Å². The van der Waals surface area contributed by atoms with Gasteiger partial charge in [-0.2, -0.15) is 0 Å². The second-order valence-corrected chi connectivity index (χ2v) is 9.79. The van der Waals surface area contributed by atoms with Crippen LogP contribution >= 0.6 is 0 Å². The van der Waals surface area contributed by atoms with E-state index < -0.39 is 0 Å². The van der Waals surface area contributed by atoms with Gasteiger partial charge >= 0.3 is 0 Å². The first-order valence-corrected chi connectivity index (χ1v) is 13.1.